The highest BCUT2D eigenvalue weighted by Gasteiger charge is 2.20. The van der Waals surface area contributed by atoms with Crippen LogP contribution in [0.15, 0.2) is 60.7 Å². The number of carbonyl (C=O) groups excluding carboxylic acids is 1. The van der Waals surface area contributed by atoms with Gasteiger partial charge in [-0.1, -0.05) is 54.1 Å². The van der Waals surface area contributed by atoms with E-state index in [9.17, 15) is 4.79 Å². The molecule has 0 atom stereocenters. The van der Waals surface area contributed by atoms with E-state index in [0.717, 1.165) is 48.3 Å². The number of carbonyl (C=O) groups is 1. The average Bonchev–Trinajstić information content (AvgIpc) is 2.74. The lowest BCUT2D eigenvalue weighted by atomic mass is 10.0. The summed E-state index contributed by atoms with van der Waals surface area (Å²) < 4.78 is 0. The largest absolute Gasteiger partial charge is 0.366 e. The van der Waals surface area contributed by atoms with Crippen molar-refractivity contribution in [3.05, 3.63) is 71.2 Å². The molecule has 0 aromatic heterocycles. The highest BCUT2D eigenvalue weighted by Crippen LogP contribution is 2.34. The van der Waals surface area contributed by atoms with Crippen molar-refractivity contribution in [2.24, 2.45) is 0 Å². The summed E-state index contributed by atoms with van der Waals surface area (Å²) in [6.07, 6.45) is 0. The minimum atomic E-state index is -0.243. The van der Waals surface area contributed by atoms with Crippen LogP contribution >= 0.6 is 23.8 Å². The lowest BCUT2D eigenvalue weighted by molar-refractivity contribution is 0.0979. The number of fused-ring (bicyclic) bond motifs is 1. The van der Waals surface area contributed by atoms with Crippen molar-refractivity contribution in [3.8, 4) is 0 Å². The minimum Gasteiger partial charge on any atom is -0.366 e. The van der Waals surface area contributed by atoms with Crippen LogP contribution in [-0.4, -0.2) is 49.1 Å². The number of halogens is 1. The number of rotatable bonds is 3. The third-order valence-corrected chi connectivity index (χ3v) is 5.82. The third kappa shape index (κ3) is 4.41. The second kappa shape index (κ2) is 9.00. The van der Waals surface area contributed by atoms with Gasteiger partial charge in [0.2, 0.25) is 0 Å². The van der Waals surface area contributed by atoms with E-state index in [2.05, 4.69) is 27.5 Å². The predicted molar refractivity (Wildman–Crippen MR) is 129 cm³/mol. The van der Waals surface area contributed by atoms with Crippen molar-refractivity contribution >= 4 is 57.0 Å². The summed E-state index contributed by atoms with van der Waals surface area (Å²) >= 11 is 12.0. The molecule has 1 fully saturated rings. The van der Waals surface area contributed by atoms with E-state index in [1.165, 1.54) is 0 Å². The van der Waals surface area contributed by atoms with Crippen LogP contribution in [0.2, 0.25) is 5.02 Å². The van der Waals surface area contributed by atoms with E-state index < -0.39 is 0 Å². The van der Waals surface area contributed by atoms with Crippen LogP contribution in [0.4, 0.5) is 11.4 Å². The van der Waals surface area contributed by atoms with Gasteiger partial charge in [0.05, 0.1) is 16.4 Å². The molecule has 30 heavy (non-hydrogen) atoms. The van der Waals surface area contributed by atoms with Gasteiger partial charge in [0.15, 0.2) is 5.11 Å². The summed E-state index contributed by atoms with van der Waals surface area (Å²) in [6, 6.07) is 19.1. The number of benzene rings is 3. The topological polar surface area (TPSA) is 47.6 Å². The second-order valence-corrected chi connectivity index (χ2v) is 8.18. The molecule has 0 bridgehead atoms. The van der Waals surface area contributed by atoms with Crippen LogP contribution in [0, 0.1) is 0 Å². The van der Waals surface area contributed by atoms with Crippen molar-refractivity contribution in [2.45, 2.75) is 0 Å². The molecular weight excluding hydrogens is 416 g/mol. The van der Waals surface area contributed by atoms with Gasteiger partial charge in [-0.3, -0.25) is 10.1 Å². The van der Waals surface area contributed by atoms with Gasteiger partial charge in [-0.25, -0.2) is 0 Å². The van der Waals surface area contributed by atoms with Crippen LogP contribution in [-0.2, 0) is 0 Å². The quantitative estimate of drug-likeness (QED) is 0.594. The first-order valence-corrected chi connectivity index (χ1v) is 10.6. The molecule has 1 aliphatic rings. The van der Waals surface area contributed by atoms with E-state index >= 15 is 0 Å². The Morgan fingerprint density at radius 3 is 2.47 bits per heavy atom. The predicted octanol–water partition coefficient (Wildman–Crippen LogP) is 4.37. The molecule has 0 aliphatic carbocycles. The van der Waals surface area contributed by atoms with Gasteiger partial charge in [-0.05, 0) is 48.2 Å². The van der Waals surface area contributed by atoms with Crippen LogP contribution in [0.3, 0.4) is 0 Å². The molecule has 3 aromatic carbocycles. The molecule has 154 valence electrons. The Morgan fingerprint density at radius 1 is 0.967 bits per heavy atom. The maximum Gasteiger partial charge on any atom is 0.258 e. The lowest BCUT2D eigenvalue weighted by Crippen LogP contribution is -2.45. The summed E-state index contributed by atoms with van der Waals surface area (Å²) in [6.45, 7) is 3.69. The van der Waals surface area contributed by atoms with Crippen molar-refractivity contribution in [1.29, 1.82) is 0 Å². The standard InChI is InChI=1S/C23H23ClN4OS/c1-27-12-14-28(15-13-27)21-19(24)10-5-11-20(21)25-23(30)26-22(29)18-9-4-7-16-6-2-3-8-17(16)18/h2-11H,12-15H2,1H3,(H2,25,26,29,30). The smallest absolute Gasteiger partial charge is 0.258 e. The van der Waals surface area contributed by atoms with Gasteiger partial charge in [0, 0.05) is 31.7 Å². The fourth-order valence-corrected chi connectivity index (χ4v) is 4.21. The Balaban J connectivity index is 1.52. The Hall–Kier alpha value is -2.67. The van der Waals surface area contributed by atoms with Crippen molar-refractivity contribution in [3.63, 3.8) is 0 Å². The van der Waals surface area contributed by atoms with Gasteiger partial charge >= 0.3 is 0 Å². The number of piperazine rings is 1. The minimum absolute atomic E-state index is 0.241. The van der Waals surface area contributed by atoms with Gasteiger partial charge in [0.25, 0.3) is 5.91 Å². The number of likely N-dealkylation sites (N-methyl/N-ethyl adjacent to an activating group) is 1. The molecule has 1 heterocycles. The Kier molecular flexibility index (Phi) is 6.18. The van der Waals surface area contributed by atoms with Crippen LogP contribution in [0.1, 0.15) is 10.4 Å². The molecule has 0 unspecified atom stereocenters. The summed E-state index contributed by atoms with van der Waals surface area (Å²) in [5.74, 6) is -0.243. The van der Waals surface area contributed by atoms with Gasteiger partial charge in [-0.2, -0.15) is 0 Å². The Bertz CT molecular complexity index is 1090. The highest BCUT2D eigenvalue weighted by atomic mass is 35.5. The molecule has 1 amide bonds. The molecule has 0 spiro atoms. The fraction of sp³-hybridized carbons (Fsp3) is 0.217. The molecule has 0 radical (unpaired) electrons. The van der Waals surface area contributed by atoms with E-state index in [4.69, 9.17) is 23.8 Å². The number of amides is 1. The third-order valence-electron chi connectivity index (χ3n) is 5.32. The normalized spacial score (nSPS) is 14.5. The number of nitrogens with zero attached hydrogens (tertiary/aromatic N) is 2. The Morgan fingerprint density at radius 2 is 1.67 bits per heavy atom. The van der Waals surface area contributed by atoms with E-state index in [1.54, 1.807) is 6.07 Å². The first kappa shape index (κ1) is 20.6. The molecule has 1 saturated heterocycles. The summed E-state index contributed by atoms with van der Waals surface area (Å²) in [7, 11) is 2.11. The number of hydrogen-bond acceptors (Lipinski definition) is 4. The number of thiocarbonyl (C=S) groups is 1. The summed E-state index contributed by atoms with van der Waals surface area (Å²) in [5, 5.41) is 8.78. The average molecular weight is 439 g/mol. The number of nitrogens with one attached hydrogen (secondary N) is 2. The first-order chi connectivity index (χ1) is 14.5. The van der Waals surface area contributed by atoms with Crippen LogP contribution < -0.4 is 15.5 Å². The molecule has 7 heteroatoms. The summed E-state index contributed by atoms with van der Waals surface area (Å²) in [4.78, 5) is 17.4. The SMILES string of the molecule is CN1CCN(c2c(Cl)cccc2NC(=S)NC(=O)c2cccc3ccccc23)CC1. The highest BCUT2D eigenvalue weighted by molar-refractivity contribution is 7.80. The van der Waals surface area contributed by atoms with E-state index in [0.29, 0.717) is 10.6 Å². The van der Waals surface area contributed by atoms with E-state index in [1.807, 2.05) is 54.6 Å². The molecule has 2 N–H and O–H groups in total. The zero-order valence-electron chi connectivity index (χ0n) is 16.7. The first-order valence-electron chi connectivity index (χ1n) is 9.85. The molecule has 4 rings (SSSR count). The second-order valence-electron chi connectivity index (χ2n) is 7.36. The van der Waals surface area contributed by atoms with Crippen molar-refractivity contribution in [2.75, 3.05) is 43.4 Å². The van der Waals surface area contributed by atoms with Crippen molar-refractivity contribution < 1.29 is 4.79 Å². The number of para-hydroxylation sites is 1. The zero-order valence-corrected chi connectivity index (χ0v) is 18.3. The van der Waals surface area contributed by atoms with Gasteiger partial charge in [-0.15, -0.1) is 0 Å². The molecule has 1 aliphatic heterocycles. The maximum absolute atomic E-state index is 12.9. The fourth-order valence-electron chi connectivity index (χ4n) is 3.72. The Labute approximate surface area is 186 Å². The van der Waals surface area contributed by atoms with Crippen molar-refractivity contribution in [1.82, 2.24) is 10.2 Å². The van der Waals surface area contributed by atoms with E-state index in [-0.39, 0.29) is 11.0 Å². The molecular formula is C23H23ClN4OS. The van der Waals surface area contributed by atoms with Crippen LogP contribution in [0.5, 0.6) is 0 Å². The lowest BCUT2D eigenvalue weighted by Gasteiger charge is -2.35. The summed E-state index contributed by atoms with van der Waals surface area (Å²) in [5.41, 5.74) is 2.28. The number of hydrogen-bond donors (Lipinski definition) is 2. The molecule has 3 aromatic rings. The van der Waals surface area contributed by atoms with Gasteiger partial charge < -0.3 is 15.1 Å². The zero-order chi connectivity index (χ0) is 21.1. The molecule has 0 saturated carbocycles. The van der Waals surface area contributed by atoms with Crippen LogP contribution in [0.25, 0.3) is 10.8 Å². The maximum atomic E-state index is 12.9. The van der Waals surface area contributed by atoms with Gasteiger partial charge in [0.1, 0.15) is 0 Å². The molecule has 5 nitrogen and oxygen atoms in total. The monoisotopic (exact) mass is 438 g/mol. The number of anilines is 2.